The molecule has 1 saturated heterocycles. The van der Waals surface area contributed by atoms with Crippen LogP contribution < -0.4 is 10.6 Å². The third kappa shape index (κ3) is 4.96. The van der Waals surface area contributed by atoms with Crippen LogP contribution in [0.15, 0.2) is 27.6 Å². The van der Waals surface area contributed by atoms with Gasteiger partial charge >= 0.3 is 0 Å². The molecule has 1 aliphatic heterocycles. The minimum absolute atomic E-state index is 0.0729. The third-order valence-electron chi connectivity index (χ3n) is 5.42. The number of benzene rings is 1. The average Bonchev–Trinajstić information content (AvgIpc) is 3.09. The maximum Gasteiger partial charge on any atom is 0.248 e. The van der Waals surface area contributed by atoms with E-state index in [2.05, 4.69) is 15.8 Å². The second-order valence-electron chi connectivity index (χ2n) is 7.78. The molecule has 1 aromatic heterocycles. The van der Waals surface area contributed by atoms with E-state index in [4.69, 9.17) is 4.52 Å². The third-order valence-corrected chi connectivity index (χ3v) is 7.53. The van der Waals surface area contributed by atoms with E-state index in [0.717, 1.165) is 5.56 Å². The van der Waals surface area contributed by atoms with E-state index >= 15 is 0 Å². The summed E-state index contributed by atoms with van der Waals surface area (Å²) in [5.74, 6) is -0.614. The van der Waals surface area contributed by atoms with E-state index < -0.39 is 15.9 Å². The van der Waals surface area contributed by atoms with Crippen molar-refractivity contribution in [3.05, 3.63) is 35.2 Å². The molecule has 2 aromatic rings. The van der Waals surface area contributed by atoms with Crippen LogP contribution in [-0.2, 0) is 19.6 Å². The Balaban J connectivity index is 1.75. The van der Waals surface area contributed by atoms with Crippen molar-refractivity contribution in [1.82, 2.24) is 9.46 Å². The summed E-state index contributed by atoms with van der Waals surface area (Å²) in [5, 5.41) is 9.41. The summed E-state index contributed by atoms with van der Waals surface area (Å²) in [7, 11) is -3.80. The molecule has 1 fully saturated rings. The van der Waals surface area contributed by atoms with Crippen molar-refractivity contribution in [1.29, 1.82) is 0 Å². The summed E-state index contributed by atoms with van der Waals surface area (Å²) in [5.41, 5.74) is 2.34. The fourth-order valence-electron chi connectivity index (χ4n) is 3.67. The first kappa shape index (κ1) is 23.0. The molecule has 3 rings (SSSR count). The lowest BCUT2D eigenvalue weighted by atomic mass is 9.98. The van der Waals surface area contributed by atoms with E-state index in [1.165, 1.54) is 4.31 Å². The van der Waals surface area contributed by atoms with Gasteiger partial charge in [-0.25, -0.2) is 8.42 Å². The summed E-state index contributed by atoms with van der Waals surface area (Å²) in [4.78, 5) is 24.7. The molecule has 0 bridgehead atoms. The van der Waals surface area contributed by atoms with Gasteiger partial charge in [0, 0.05) is 30.9 Å². The molecular weight excluding hydrogens is 420 g/mol. The lowest BCUT2D eigenvalue weighted by Gasteiger charge is -2.31. The largest absolute Gasteiger partial charge is 0.360 e. The van der Waals surface area contributed by atoms with Gasteiger partial charge in [-0.3, -0.25) is 9.59 Å². The van der Waals surface area contributed by atoms with Crippen molar-refractivity contribution in [2.24, 2.45) is 5.92 Å². The molecule has 1 aliphatic rings. The highest BCUT2D eigenvalue weighted by molar-refractivity contribution is 7.89. The van der Waals surface area contributed by atoms with Crippen LogP contribution in [0, 0.1) is 26.7 Å². The molecule has 0 spiro atoms. The maximum atomic E-state index is 13.1. The van der Waals surface area contributed by atoms with Gasteiger partial charge in [-0.1, -0.05) is 18.1 Å². The van der Waals surface area contributed by atoms with Gasteiger partial charge in [-0.05, 0) is 51.3 Å². The predicted molar refractivity (Wildman–Crippen MR) is 116 cm³/mol. The molecule has 2 heterocycles. The Morgan fingerprint density at radius 3 is 2.61 bits per heavy atom. The van der Waals surface area contributed by atoms with Crippen LogP contribution in [0.25, 0.3) is 0 Å². The molecule has 0 saturated carbocycles. The Kier molecular flexibility index (Phi) is 6.80. The van der Waals surface area contributed by atoms with Crippen molar-refractivity contribution < 1.29 is 22.5 Å². The minimum Gasteiger partial charge on any atom is -0.360 e. The summed E-state index contributed by atoms with van der Waals surface area (Å²) in [6, 6.07) is 5.30. The zero-order valence-corrected chi connectivity index (χ0v) is 19.0. The number of anilines is 2. The molecule has 0 radical (unpaired) electrons. The quantitative estimate of drug-likeness (QED) is 0.701. The first-order valence-corrected chi connectivity index (χ1v) is 11.7. The molecule has 1 aromatic carbocycles. The van der Waals surface area contributed by atoms with Crippen molar-refractivity contribution >= 4 is 33.2 Å². The van der Waals surface area contributed by atoms with E-state index in [1.54, 1.807) is 32.9 Å². The number of nitrogens with zero attached hydrogens (tertiary/aromatic N) is 2. The Morgan fingerprint density at radius 1 is 1.23 bits per heavy atom. The summed E-state index contributed by atoms with van der Waals surface area (Å²) in [6.45, 7) is 7.20. The lowest BCUT2D eigenvalue weighted by Crippen LogP contribution is -2.44. The van der Waals surface area contributed by atoms with Crippen LogP contribution in [0.5, 0.6) is 0 Å². The molecule has 2 amide bonds. The van der Waals surface area contributed by atoms with Crippen molar-refractivity contribution in [3.63, 3.8) is 0 Å². The number of carbonyl (C=O) groups excluding carboxylic acids is 2. The second-order valence-corrected chi connectivity index (χ2v) is 9.65. The van der Waals surface area contributed by atoms with E-state index in [9.17, 15) is 18.0 Å². The topological polar surface area (TPSA) is 122 Å². The number of hydrogen-bond donors (Lipinski definition) is 2. The summed E-state index contributed by atoms with van der Waals surface area (Å²) in [6.07, 6.45) is 1.52. The highest BCUT2D eigenvalue weighted by atomic mass is 32.2. The highest BCUT2D eigenvalue weighted by Gasteiger charge is 2.36. The van der Waals surface area contributed by atoms with E-state index in [0.29, 0.717) is 42.9 Å². The minimum atomic E-state index is -3.80. The number of hydrogen-bond acceptors (Lipinski definition) is 6. The van der Waals surface area contributed by atoms with Gasteiger partial charge in [0.1, 0.15) is 10.6 Å². The predicted octanol–water partition coefficient (Wildman–Crippen LogP) is 2.99. The maximum absolute atomic E-state index is 13.1. The number of nitrogens with one attached hydrogen (secondary N) is 2. The molecule has 1 atom stereocenters. The van der Waals surface area contributed by atoms with Gasteiger partial charge in [-0.2, -0.15) is 4.31 Å². The molecule has 168 valence electrons. The second kappa shape index (κ2) is 9.19. The zero-order valence-electron chi connectivity index (χ0n) is 18.2. The van der Waals surface area contributed by atoms with Crippen molar-refractivity contribution in [3.8, 4) is 0 Å². The van der Waals surface area contributed by atoms with Gasteiger partial charge in [0.05, 0.1) is 5.92 Å². The lowest BCUT2D eigenvalue weighted by molar-refractivity contribution is -0.121. The number of piperidine rings is 1. The molecular formula is C21H28N4O5S. The van der Waals surface area contributed by atoms with Crippen LogP contribution >= 0.6 is 0 Å². The summed E-state index contributed by atoms with van der Waals surface area (Å²) < 4.78 is 32.6. The molecule has 0 aliphatic carbocycles. The van der Waals surface area contributed by atoms with Gasteiger partial charge in [0.25, 0.3) is 0 Å². The highest BCUT2D eigenvalue weighted by Crippen LogP contribution is 2.29. The first-order valence-electron chi connectivity index (χ1n) is 10.3. The molecule has 9 nitrogen and oxygen atoms in total. The van der Waals surface area contributed by atoms with Gasteiger partial charge in [0.2, 0.25) is 21.8 Å². The molecule has 2 N–H and O–H groups in total. The Morgan fingerprint density at radius 2 is 1.97 bits per heavy atom. The average molecular weight is 449 g/mol. The van der Waals surface area contributed by atoms with Crippen molar-refractivity contribution in [2.75, 3.05) is 23.7 Å². The summed E-state index contributed by atoms with van der Waals surface area (Å²) >= 11 is 0. The van der Waals surface area contributed by atoms with Crippen LogP contribution in [0.3, 0.4) is 0 Å². The zero-order chi connectivity index (χ0) is 22.8. The molecule has 31 heavy (non-hydrogen) atoms. The number of carbonyl (C=O) groups is 2. The number of aryl methyl sites for hydroxylation is 3. The van der Waals surface area contributed by atoms with Gasteiger partial charge < -0.3 is 15.2 Å². The van der Waals surface area contributed by atoms with Crippen LogP contribution in [0.1, 0.15) is 43.2 Å². The number of rotatable bonds is 6. The fraction of sp³-hybridized carbons (Fsp3) is 0.476. The standard InChI is InChI=1S/C21H28N4O5S/c1-5-19(26)22-17-9-8-13(2)18(11-17)23-21(27)16-7-6-10-25(12-16)31(28,29)20-14(3)24-30-15(20)4/h8-9,11,16H,5-7,10,12H2,1-4H3,(H,22,26)(H,23,27). The van der Waals surface area contributed by atoms with Crippen LogP contribution in [0.2, 0.25) is 0 Å². The Labute approximate surface area is 182 Å². The smallest absolute Gasteiger partial charge is 0.248 e. The SMILES string of the molecule is CCC(=O)Nc1ccc(C)c(NC(=O)C2CCCN(S(=O)(=O)c3c(C)noc3C)C2)c1. The van der Waals surface area contributed by atoms with E-state index in [1.807, 2.05) is 13.0 Å². The van der Waals surface area contributed by atoms with Crippen LogP contribution in [-0.4, -0.2) is 42.8 Å². The van der Waals surface area contributed by atoms with Gasteiger partial charge in [0.15, 0.2) is 5.76 Å². The fourth-order valence-corrected chi connectivity index (χ4v) is 5.48. The van der Waals surface area contributed by atoms with Gasteiger partial charge in [-0.15, -0.1) is 0 Å². The normalized spacial score (nSPS) is 17.4. The number of amides is 2. The van der Waals surface area contributed by atoms with Crippen LogP contribution in [0.4, 0.5) is 11.4 Å². The molecule has 10 heteroatoms. The van der Waals surface area contributed by atoms with E-state index in [-0.39, 0.29) is 29.0 Å². The number of aromatic nitrogens is 1. The first-order chi connectivity index (χ1) is 14.6. The number of sulfonamides is 1. The monoisotopic (exact) mass is 448 g/mol. The Bertz CT molecular complexity index is 1070. The molecule has 1 unspecified atom stereocenters. The Hall–Kier alpha value is -2.72. The van der Waals surface area contributed by atoms with Crippen molar-refractivity contribution in [2.45, 2.75) is 51.9 Å².